The Bertz CT molecular complexity index is 356. The molecule has 2 unspecified atom stereocenters. The minimum Gasteiger partial charge on any atom is -0.310 e. The minimum absolute atomic E-state index is 0.149. The lowest BCUT2D eigenvalue weighted by atomic mass is 9.75. The standard InChI is InChI=1S/C13H25NO2S/c1-11(2)13(8-4-5-9-14-13)12-7-3-6-10-17(12,15)16/h11-12,14H,3-10H2,1-2H3. The molecule has 0 radical (unpaired) electrons. The van der Waals surface area contributed by atoms with Crippen LogP contribution in [0.15, 0.2) is 0 Å². The van der Waals surface area contributed by atoms with Gasteiger partial charge < -0.3 is 5.32 Å². The monoisotopic (exact) mass is 259 g/mol. The molecule has 2 heterocycles. The van der Waals surface area contributed by atoms with Crippen LogP contribution in [0.1, 0.15) is 52.4 Å². The zero-order valence-corrected chi connectivity index (χ0v) is 11.9. The van der Waals surface area contributed by atoms with E-state index in [0.717, 1.165) is 38.6 Å². The first-order valence-electron chi connectivity index (χ1n) is 6.96. The number of sulfone groups is 1. The maximum absolute atomic E-state index is 12.4. The molecule has 2 rings (SSSR count). The van der Waals surface area contributed by atoms with Crippen LogP contribution in [-0.4, -0.2) is 31.5 Å². The molecule has 4 heteroatoms. The van der Waals surface area contributed by atoms with Gasteiger partial charge >= 0.3 is 0 Å². The molecule has 0 saturated carbocycles. The summed E-state index contributed by atoms with van der Waals surface area (Å²) in [6, 6.07) is 0. The smallest absolute Gasteiger partial charge is 0.154 e. The van der Waals surface area contributed by atoms with Crippen molar-refractivity contribution < 1.29 is 8.42 Å². The third-order valence-electron chi connectivity index (χ3n) is 4.65. The Morgan fingerprint density at radius 3 is 2.47 bits per heavy atom. The largest absolute Gasteiger partial charge is 0.310 e. The highest BCUT2D eigenvalue weighted by atomic mass is 32.2. The molecular weight excluding hydrogens is 234 g/mol. The van der Waals surface area contributed by atoms with Crippen molar-refractivity contribution in [3.63, 3.8) is 0 Å². The fourth-order valence-corrected chi connectivity index (χ4v) is 6.16. The average molecular weight is 259 g/mol. The van der Waals surface area contributed by atoms with Crippen LogP contribution in [0.4, 0.5) is 0 Å². The number of hydrogen-bond acceptors (Lipinski definition) is 3. The second-order valence-corrected chi connectivity index (χ2v) is 8.23. The van der Waals surface area contributed by atoms with Crippen molar-refractivity contribution in [1.82, 2.24) is 5.32 Å². The Morgan fingerprint density at radius 1 is 1.18 bits per heavy atom. The third kappa shape index (κ3) is 2.39. The molecule has 0 bridgehead atoms. The third-order valence-corrected chi connectivity index (χ3v) is 7.04. The zero-order valence-electron chi connectivity index (χ0n) is 11.0. The number of nitrogens with one attached hydrogen (secondary N) is 1. The van der Waals surface area contributed by atoms with E-state index in [-0.39, 0.29) is 10.8 Å². The Morgan fingerprint density at radius 2 is 1.94 bits per heavy atom. The summed E-state index contributed by atoms with van der Waals surface area (Å²) in [5.74, 6) is 0.786. The second-order valence-electron chi connectivity index (χ2n) is 5.93. The normalized spacial score (nSPS) is 38.2. The zero-order chi connectivity index (χ0) is 12.5. The van der Waals surface area contributed by atoms with Gasteiger partial charge in [0.2, 0.25) is 0 Å². The summed E-state index contributed by atoms with van der Waals surface area (Å²) in [6.07, 6.45) is 6.15. The molecule has 100 valence electrons. The second kappa shape index (κ2) is 4.88. The Hall–Kier alpha value is -0.0900. The molecule has 2 saturated heterocycles. The summed E-state index contributed by atoms with van der Waals surface area (Å²) >= 11 is 0. The van der Waals surface area contributed by atoms with Crippen LogP contribution in [0.3, 0.4) is 0 Å². The highest BCUT2D eigenvalue weighted by molar-refractivity contribution is 7.92. The lowest BCUT2D eigenvalue weighted by molar-refractivity contribution is 0.166. The van der Waals surface area contributed by atoms with E-state index in [0.29, 0.717) is 11.7 Å². The predicted molar refractivity (Wildman–Crippen MR) is 70.8 cm³/mol. The van der Waals surface area contributed by atoms with Crippen molar-refractivity contribution in [3.8, 4) is 0 Å². The lowest BCUT2D eigenvalue weighted by Crippen LogP contribution is -2.63. The van der Waals surface area contributed by atoms with Crippen LogP contribution in [0, 0.1) is 5.92 Å². The van der Waals surface area contributed by atoms with E-state index in [9.17, 15) is 8.42 Å². The van der Waals surface area contributed by atoms with Gasteiger partial charge in [0, 0.05) is 5.54 Å². The SMILES string of the molecule is CC(C)C1(C2CCCCS2(=O)=O)CCCCN1. The van der Waals surface area contributed by atoms with Crippen molar-refractivity contribution >= 4 is 9.84 Å². The summed E-state index contributed by atoms with van der Waals surface area (Å²) in [5.41, 5.74) is -0.155. The van der Waals surface area contributed by atoms with Gasteiger partial charge in [0.25, 0.3) is 0 Å². The Balaban J connectivity index is 2.32. The number of piperidine rings is 1. The van der Waals surface area contributed by atoms with E-state index in [1.807, 2.05) is 0 Å². The minimum atomic E-state index is -2.89. The van der Waals surface area contributed by atoms with E-state index in [4.69, 9.17) is 0 Å². The topological polar surface area (TPSA) is 46.2 Å². The van der Waals surface area contributed by atoms with Crippen molar-refractivity contribution in [2.24, 2.45) is 5.92 Å². The molecule has 0 aromatic carbocycles. The molecule has 17 heavy (non-hydrogen) atoms. The van der Waals surface area contributed by atoms with Crippen LogP contribution >= 0.6 is 0 Å². The molecule has 2 aliphatic heterocycles. The van der Waals surface area contributed by atoms with E-state index >= 15 is 0 Å². The number of hydrogen-bond donors (Lipinski definition) is 1. The van der Waals surface area contributed by atoms with E-state index < -0.39 is 9.84 Å². The van der Waals surface area contributed by atoms with Gasteiger partial charge in [-0.2, -0.15) is 0 Å². The molecule has 2 fully saturated rings. The Labute approximate surface area is 105 Å². The molecule has 0 aliphatic carbocycles. The van der Waals surface area contributed by atoms with Crippen molar-refractivity contribution in [2.45, 2.75) is 63.2 Å². The first-order chi connectivity index (χ1) is 7.99. The van der Waals surface area contributed by atoms with E-state index in [1.54, 1.807) is 0 Å². The summed E-state index contributed by atoms with van der Waals surface area (Å²) in [6.45, 7) is 5.31. The fourth-order valence-electron chi connectivity index (χ4n) is 3.62. The van der Waals surface area contributed by atoms with Gasteiger partial charge in [0.15, 0.2) is 9.84 Å². The molecule has 2 aliphatic rings. The lowest BCUT2D eigenvalue weighted by Gasteiger charge is -2.48. The van der Waals surface area contributed by atoms with Gasteiger partial charge in [0.1, 0.15) is 0 Å². The summed E-state index contributed by atoms with van der Waals surface area (Å²) in [4.78, 5) is 0. The average Bonchev–Trinajstić information content (AvgIpc) is 2.29. The first-order valence-corrected chi connectivity index (χ1v) is 8.67. The van der Waals surface area contributed by atoms with Crippen molar-refractivity contribution in [1.29, 1.82) is 0 Å². The molecule has 0 aromatic rings. The van der Waals surface area contributed by atoms with Crippen LogP contribution < -0.4 is 5.32 Å². The molecule has 1 N–H and O–H groups in total. The van der Waals surface area contributed by atoms with Gasteiger partial charge in [-0.15, -0.1) is 0 Å². The van der Waals surface area contributed by atoms with Gasteiger partial charge in [-0.05, 0) is 38.1 Å². The molecular formula is C13H25NO2S. The van der Waals surface area contributed by atoms with Crippen LogP contribution in [0.25, 0.3) is 0 Å². The molecule has 3 nitrogen and oxygen atoms in total. The molecule has 0 spiro atoms. The Kier molecular flexibility index (Phi) is 3.83. The van der Waals surface area contributed by atoms with Gasteiger partial charge in [-0.1, -0.05) is 26.7 Å². The van der Waals surface area contributed by atoms with Gasteiger partial charge in [-0.25, -0.2) is 8.42 Å². The molecule has 0 aromatic heterocycles. The first kappa shape index (κ1) is 13.3. The van der Waals surface area contributed by atoms with Gasteiger partial charge in [-0.3, -0.25) is 0 Å². The van der Waals surface area contributed by atoms with E-state index in [2.05, 4.69) is 19.2 Å². The van der Waals surface area contributed by atoms with Crippen LogP contribution in [-0.2, 0) is 9.84 Å². The quantitative estimate of drug-likeness (QED) is 0.826. The summed E-state index contributed by atoms with van der Waals surface area (Å²) < 4.78 is 24.7. The van der Waals surface area contributed by atoms with E-state index in [1.165, 1.54) is 6.42 Å². The van der Waals surface area contributed by atoms with Crippen LogP contribution in [0.5, 0.6) is 0 Å². The number of rotatable bonds is 2. The van der Waals surface area contributed by atoms with Gasteiger partial charge in [0.05, 0.1) is 11.0 Å². The maximum atomic E-state index is 12.4. The van der Waals surface area contributed by atoms with Crippen LogP contribution in [0.2, 0.25) is 0 Å². The fraction of sp³-hybridized carbons (Fsp3) is 1.00. The van der Waals surface area contributed by atoms with Crippen molar-refractivity contribution in [2.75, 3.05) is 12.3 Å². The maximum Gasteiger partial charge on any atom is 0.154 e. The summed E-state index contributed by atoms with van der Waals surface area (Å²) in [5, 5.41) is 3.43. The van der Waals surface area contributed by atoms with Crippen molar-refractivity contribution in [3.05, 3.63) is 0 Å². The molecule has 2 atom stereocenters. The highest BCUT2D eigenvalue weighted by Gasteiger charge is 2.48. The molecule has 0 amide bonds. The summed E-state index contributed by atoms with van der Waals surface area (Å²) in [7, 11) is -2.89. The predicted octanol–water partition coefficient (Wildman–Crippen LogP) is 2.12. The highest BCUT2D eigenvalue weighted by Crippen LogP contribution is 2.38.